The molecule has 2 aromatic carbocycles. The van der Waals surface area contributed by atoms with Crippen LogP contribution >= 0.6 is 23.2 Å². The number of benzene rings is 2. The van der Waals surface area contributed by atoms with Gasteiger partial charge >= 0.3 is 0 Å². The summed E-state index contributed by atoms with van der Waals surface area (Å²) in [6.07, 6.45) is -0.432. The maximum atomic E-state index is 12.3. The standard InChI is InChI=1S/C16H12Cl2O3/c17-11-6-5-10(12(18)8-11)7-13(19)16-9-20-14-3-1-2-4-15(14)21-16/h1-6,8,16H,7,9H2. The molecule has 0 saturated heterocycles. The molecule has 0 fully saturated rings. The van der Waals surface area contributed by atoms with Crippen LogP contribution in [0, 0.1) is 0 Å². The molecule has 1 heterocycles. The van der Waals surface area contributed by atoms with Gasteiger partial charge in [-0.15, -0.1) is 0 Å². The normalized spacial score (nSPS) is 16.6. The largest absolute Gasteiger partial charge is 0.485 e. The molecular formula is C16H12Cl2O3. The lowest BCUT2D eigenvalue weighted by atomic mass is 10.1. The second-order valence-corrected chi connectivity index (χ2v) is 5.59. The van der Waals surface area contributed by atoms with Gasteiger partial charge in [-0.3, -0.25) is 4.79 Å². The van der Waals surface area contributed by atoms with Gasteiger partial charge in [-0.1, -0.05) is 41.4 Å². The van der Waals surface area contributed by atoms with Gasteiger partial charge in [0, 0.05) is 16.5 Å². The molecule has 2 aromatic rings. The zero-order valence-electron chi connectivity index (χ0n) is 11.0. The maximum absolute atomic E-state index is 12.3. The van der Waals surface area contributed by atoms with E-state index in [1.54, 1.807) is 24.3 Å². The summed E-state index contributed by atoms with van der Waals surface area (Å²) >= 11 is 11.9. The second-order valence-electron chi connectivity index (χ2n) is 4.74. The van der Waals surface area contributed by atoms with Crippen LogP contribution in [0.2, 0.25) is 10.0 Å². The van der Waals surface area contributed by atoms with Gasteiger partial charge in [0.15, 0.2) is 23.4 Å². The molecule has 3 nitrogen and oxygen atoms in total. The highest BCUT2D eigenvalue weighted by atomic mass is 35.5. The summed E-state index contributed by atoms with van der Waals surface area (Å²) in [4.78, 5) is 12.3. The van der Waals surface area contributed by atoms with Crippen LogP contribution < -0.4 is 9.47 Å². The van der Waals surface area contributed by atoms with Crippen LogP contribution in [0.4, 0.5) is 0 Å². The van der Waals surface area contributed by atoms with Crippen molar-refractivity contribution in [1.82, 2.24) is 0 Å². The molecule has 1 aliphatic heterocycles. The number of ketones is 1. The van der Waals surface area contributed by atoms with Gasteiger partial charge in [-0.25, -0.2) is 0 Å². The minimum absolute atomic E-state index is 0.0753. The molecule has 1 atom stereocenters. The zero-order valence-corrected chi connectivity index (χ0v) is 12.5. The molecule has 3 rings (SSSR count). The van der Waals surface area contributed by atoms with Gasteiger partial charge < -0.3 is 9.47 Å². The van der Waals surface area contributed by atoms with E-state index in [-0.39, 0.29) is 18.8 Å². The van der Waals surface area contributed by atoms with Crippen molar-refractivity contribution >= 4 is 29.0 Å². The summed E-state index contributed by atoms with van der Waals surface area (Å²) in [5, 5.41) is 1.02. The predicted octanol–water partition coefficient (Wildman–Crippen LogP) is 3.95. The first kappa shape index (κ1) is 14.2. The first-order valence-corrected chi connectivity index (χ1v) is 7.24. The monoisotopic (exact) mass is 322 g/mol. The lowest BCUT2D eigenvalue weighted by Crippen LogP contribution is -2.37. The molecule has 0 radical (unpaired) electrons. The number of carbonyl (C=O) groups is 1. The van der Waals surface area contributed by atoms with Gasteiger partial charge in [0.1, 0.15) is 6.61 Å². The van der Waals surface area contributed by atoms with Crippen molar-refractivity contribution in [2.75, 3.05) is 6.61 Å². The molecule has 0 amide bonds. The van der Waals surface area contributed by atoms with Crippen molar-refractivity contribution in [3.05, 3.63) is 58.1 Å². The summed E-state index contributed by atoms with van der Waals surface area (Å²) in [6.45, 7) is 0.209. The Hall–Kier alpha value is -1.71. The summed E-state index contributed by atoms with van der Waals surface area (Å²) < 4.78 is 11.2. The van der Waals surface area contributed by atoms with E-state index in [1.807, 2.05) is 18.2 Å². The highest BCUT2D eigenvalue weighted by Crippen LogP contribution is 2.31. The van der Waals surface area contributed by atoms with E-state index in [0.29, 0.717) is 21.5 Å². The minimum Gasteiger partial charge on any atom is -0.485 e. The number of halogens is 2. The zero-order chi connectivity index (χ0) is 14.8. The smallest absolute Gasteiger partial charge is 0.191 e. The summed E-state index contributed by atoms with van der Waals surface area (Å²) in [6, 6.07) is 12.4. The highest BCUT2D eigenvalue weighted by molar-refractivity contribution is 6.35. The van der Waals surface area contributed by atoms with Crippen molar-refractivity contribution < 1.29 is 14.3 Å². The number of Topliss-reactive ketones (excluding diaryl/α,β-unsaturated/α-hetero) is 1. The Balaban J connectivity index is 1.72. The molecule has 0 aromatic heterocycles. The van der Waals surface area contributed by atoms with E-state index in [4.69, 9.17) is 32.7 Å². The highest BCUT2D eigenvalue weighted by Gasteiger charge is 2.27. The van der Waals surface area contributed by atoms with Crippen LogP contribution in [0.25, 0.3) is 0 Å². The molecule has 0 aliphatic carbocycles. The van der Waals surface area contributed by atoms with E-state index < -0.39 is 6.10 Å². The number of hydrogen-bond acceptors (Lipinski definition) is 3. The van der Waals surface area contributed by atoms with Crippen LogP contribution in [0.15, 0.2) is 42.5 Å². The first-order valence-electron chi connectivity index (χ1n) is 6.48. The summed E-state index contributed by atoms with van der Waals surface area (Å²) in [5.41, 5.74) is 0.730. The molecule has 0 spiro atoms. The number of para-hydroxylation sites is 2. The molecule has 0 N–H and O–H groups in total. The van der Waals surface area contributed by atoms with Crippen molar-refractivity contribution in [3.63, 3.8) is 0 Å². The Kier molecular flexibility index (Phi) is 4.04. The number of hydrogen-bond donors (Lipinski definition) is 0. The third kappa shape index (κ3) is 3.14. The van der Waals surface area contributed by atoms with Crippen molar-refractivity contribution in [3.8, 4) is 11.5 Å². The molecule has 5 heteroatoms. The van der Waals surface area contributed by atoms with Crippen LogP contribution in [0.3, 0.4) is 0 Å². The number of rotatable bonds is 3. The fourth-order valence-electron chi connectivity index (χ4n) is 2.14. The molecule has 108 valence electrons. The van der Waals surface area contributed by atoms with E-state index in [1.165, 1.54) is 0 Å². The Morgan fingerprint density at radius 3 is 2.67 bits per heavy atom. The van der Waals surface area contributed by atoms with Crippen LogP contribution in [-0.4, -0.2) is 18.5 Å². The lowest BCUT2D eigenvalue weighted by Gasteiger charge is -2.25. The molecule has 1 unspecified atom stereocenters. The molecular weight excluding hydrogens is 311 g/mol. The van der Waals surface area contributed by atoms with E-state index in [2.05, 4.69) is 0 Å². The summed E-state index contributed by atoms with van der Waals surface area (Å²) in [5.74, 6) is 1.17. The second kappa shape index (κ2) is 5.96. The number of carbonyl (C=O) groups excluding carboxylic acids is 1. The van der Waals surface area contributed by atoms with E-state index in [9.17, 15) is 4.79 Å². The van der Waals surface area contributed by atoms with E-state index >= 15 is 0 Å². The number of fused-ring (bicyclic) bond motifs is 1. The minimum atomic E-state index is -0.619. The third-order valence-corrected chi connectivity index (χ3v) is 3.83. The Morgan fingerprint density at radius 1 is 1.14 bits per heavy atom. The topological polar surface area (TPSA) is 35.5 Å². The van der Waals surface area contributed by atoms with Crippen molar-refractivity contribution in [2.24, 2.45) is 0 Å². The Morgan fingerprint density at radius 2 is 1.90 bits per heavy atom. The van der Waals surface area contributed by atoms with Gasteiger partial charge in [-0.2, -0.15) is 0 Å². The fourth-order valence-corrected chi connectivity index (χ4v) is 2.62. The molecule has 0 saturated carbocycles. The van der Waals surface area contributed by atoms with Crippen LogP contribution in [0.1, 0.15) is 5.56 Å². The van der Waals surface area contributed by atoms with Gasteiger partial charge in [0.25, 0.3) is 0 Å². The average Bonchev–Trinajstić information content (AvgIpc) is 2.49. The van der Waals surface area contributed by atoms with Crippen LogP contribution in [-0.2, 0) is 11.2 Å². The third-order valence-electron chi connectivity index (χ3n) is 3.25. The Bertz CT molecular complexity index is 685. The fraction of sp³-hybridized carbons (Fsp3) is 0.188. The van der Waals surface area contributed by atoms with Crippen molar-refractivity contribution in [2.45, 2.75) is 12.5 Å². The predicted molar refractivity (Wildman–Crippen MR) is 81.5 cm³/mol. The number of ether oxygens (including phenoxy) is 2. The molecule has 21 heavy (non-hydrogen) atoms. The van der Waals surface area contributed by atoms with Crippen LogP contribution in [0.5, 0.6) is 11.5 Å². The molecule has 0 bridgehead atoms. The van der Waals surface area contributed by atoms with Gasteiger partial charge in [0.2, 0.25) is 0 Å². The lowest BCUT2D eigenvalue weighted by molar-refractivity contribution is -0.127. The van der Waals surface area contributed by atoms with Crippen molar-refractivity contribution in [1.29, 1.82) is 0 Å². The van der Waals surface area contributed by atoms with Gasteiger partial charge in [-0.05, 0) is 29.8 Å². The maximum Gasteiger partial charge on any atom is 0.191 e. The quantitative estimate of drug-likeness (QED) is 0.858. The van der Waals surface area contributed by atoms with Gasteiger partial charge in [0.05, 0.1) is 0 Å². The average molecular weight is 323 g/mol. The SMILES string of the molecule is O=C(Cc1ccc(Cl)cc1Cl)C1COc2ccccc2O1. The van der Waals surface area contributed by atoms with E-state index in [0.717, 1.165) is 5.56 Å². The summed E-state index contributed by atoms with van der Waals surface area (Å²) in [7, 11) is 0. The first-order chi connectivity index (χ1) is 10.1. The Labute approximate surface area is 132 Å². The molecule has 1 aliphatic rings.